The summed E-state index contributed by atoms with van der Waals surface area (Å²) in [5, 5.41) is 5.59. The molecule has 0 heterocycles. The van der Waals surface area contributed by atoms with Crippen LogP contribution in [0.1, 0.15) is 40.1 Å². The highest BCUT2D eigenvalue weighted by molar-refractivity contribution is 5.97. The molecule has 2 amide bonds. The van der Waals surface area contributed by atoms with E-state index in [9.17, 15) is 14.0 Å². The van der Waals surface area contributed by atoms with Gasteiger partial charge in [0.05, 0.1) is 0 Å². The second kappa shape index (κ2) is 8.97. The van der Waals surface area contributed by atoms with Crippen LogP contribution >= 0.6 is 0 Å². The zero-order valence-electron chi connectivity index (χ0n) is 14.5. The standard InChI is InChI=1S/C20H23FN2O2/c1-14(2)13-23-20(25)17-9-7-16(8-10-17)19(24)22-12-11-15-5-3-4-6-18(15)21/h3-10,14H,11-13H2,1-2H3,(H,22,24)(H,23,25). The number of hydrogen-bond donors (Lipinski definition) is 2. The highest BCUT2D eigenvalue weighted by Crippen LogP contribution is 2.07. The lowest BCUT2D eigenvalue weighted by Crippen LogP contribution is -2.28. The van der Waals surface area contributed by atoms with Gasteiger partial charge in [-0.25, -0.2) is 4.39 Å². The van der Waals surface area contributed by atoms with Crippen LogP contribution in [-0.4, -0.2) is 24.9 Å². The lowest BCUT2D eigenvalue weighted by molar-refractivity contribution is 0.0939. The third kappa shape index (κ3) is 5.71. The number of hydrogen-bond acceptors (Lipinski definition) is 2. The quantitative estimate of drug-likeness (QED) is 0.812. The van der Waals surface area contributed by atoms with Gasteiger partial charge in [-0.05, 0) is 48.2 Å². The molecule has 0 spiro atoms. The Morgan fingerprint density at radius 1 is 0.920 bits per heavy atom. The van der Waals surface area contributed by atoms with Crippen LogP contribution in [0.25, 0.3) is 0 Å². The number of rotatable bonds is 7. The molecule has 0 aromatic heterocycles. The Morgan fingerprint density at radius 3 is 2.04 bits per heavy atom. The van der Waals surface area contributed by atoms with Crippen LogP contribution in [0.4, 0.5) is 4.39 Å². The molecular weight excluding hydrogens is 319 g/mol. The van der Waals surface area contributed by atoms with E-state index < -0.39 is 0 Å². The molecule has 132 valence electrons. The molecule has 25 heavy (non-hydrogen) atoms. The van der Waals surface area contributed by atoms with Crippen molar-refractivity contribution >= 4 is 11.8 Å². The molecule has 0 saturated carbocycles. The van der Waals surface area contributed by atoms with Gasteiger partial charge >= 0.3 is 0 Å². The molecule has 2 aromatic carbocycles. The first-order valence-corrected chi connectivity index (χ1v) is 8.37. The second-order valence-electron chi connectivity index (χ2n) is 6.28. The minimum atomic E-state index is -0.270. The largest absolute Gasteiger partial charge is 0.352 e. The molecular formula is C20H23FN2O2. The van der Waals surface area contributed by atoms with Crippen molar-refractivity contribution in [1.82, 2.24) is 10.6 Å². The number of benzene rings is 2. The maximum atomic E-state index is 13.5. The Kier molecular flexibility index (Phi) is 6.69. The van der Waals surface area contributed by atoms with E-state index in [1.54, 1.807) is 42.5 Å². The van der Waals surface area contributed by atoms with E-state index in [-0.39, 0.29) is 17.6 Å². The SMILES string of the molecule is CC(C)CNC(=O)c1ccc(C(=O)NCCc2ccccc2F)cc1. The molecule has 0 bridgehead atoms. The number of carbonyl (C=O) groups excluding carboxylic acids is 2. The highest BCUT2D eigenvalue weighted by atomic mass is 19.1. The molecule has 4 nitrogen and oxygen atoms in total. The average Bonchev–Trinajstić information content (AvgIpc) is 2.61. The van der Waals surface area contributed by atoms with Crippen molar-refractivity contribution in [1.29, 1.82) is 0 Å². The van der Waals surface area contributed by atoms with Crippen LogP contribution in [0, 0.1) is 11.7 Å². The minimum absolute atomic E-state index is 0.153. The van der Waals surface area contributed by atoms with E-state index in [2.05, 4.69) is 10.6 Å². The van der Waals surface area contributed by atoms with Gasteiger partial charge in [0.2, 0.25) is 0 Å². The summed E-state index contributed by atoms with van der Waals surface area (Å²) in [6.07, 6.45) is 0.425. The fourth-order valence-electron chi connectivity index (χ4n) is 2.29. The minimum Gasteiger partial charge on any atom is -0.352 e. The monoisotopic (exact) mass is 342 g/mol. The maximum Gasteiger partial charge on any atom is 0.251 e. The van der Waals surface area contributed by atoms with Crippen LogP contribution in [0.3, 0.4) is 0 Å². The van der Waals surface area contributed by atoms with Crippen molar-refractivity contribution in [3.05, 3.63) is 71.0 Å². The fourth-order valence-corrected chi connectivity index (χ4v) is 2.29. The highest BCUT2D eigenvalue weighted by Gasteiger charge is 2.09. The predicted molar refractivity (Wildman–Crippen MR) is 96.1 cm³/mol. The molecule has 0 unspecified atom stereocenters. The third-order valence-corrected chi connectivity index (χ3v) is 3.72. The molecule has 2 aromatic rings. The first-order chi connectivity index (χ1) is 12.0. The number of nitrogens with one attached hydrogen (secondary N) is 2. The average molecular weight is 342 g/mol. The van der Waals surface area contributed by atoms with E-state index in [1.807, 2.05) is 13.8 Å². The molecule has 0 fully saturated rings. The summed E-state index contributed by atoms with van der Waals surface area (Å²) in [4.78, 5) is 24.1. The van der Waals surface area contributed by atoms with Gasteiger partial charge < -0.3 is 10.6 Å². The lowest BCUT2D eigenvalue weighted by atomic mass is 10.1. The van der Waals surface area contributed by atoms with Gasteiger partial charge in [-0.3, -0.25) is 9.59 Å². The number of carbonyl (C=O) groups is 2. The molecule has 0 aliphatic heterocycles. The van der Waals surface area contributed by atoms with E-state index in [0.717, 1.165) is 0 Å². The Labute approximate surface area is 147 Å². The topological polar surface area (TPSA) is 58.2 Å². The van der Waals surface area contributed by atoms with Crippen molar-refractivity contribution in [2.45, 2.75) is 20.3 Å². The summed E-state index contributed by atoms with van der Waals surface area (Å²) in [6.45, 7) is 5.00. The summed E-state index contributed by atoms with van der Waals surface area (Å²) in [6, 6.07) is 13.0. The first kappa shape index (κ1) is 18.6. The second-order valence-corrected chi connectivity index (χ2v) is 6.28. The van der Waals surface area contributed by atoms with Gasteiger partial charge in [0, 0.05) is 24.2 Å². The zero-order valence-corrected chi connectivity index (χ0v) is 14.5. The Balaban J connectivity index is 1.85. The Bertz CT molecular complexity index is 727. The molecule has 0 saturated heterocycles. The molecule has 0 aliphatic rings. The summed E-state index contributed by atoms with van der Waals surface area (Å²) >= 11 is 0. The van der Waals surface area contributed by atoms with Crippen LogP contribution in [0.5, 0.6) is 0 Å². The smallest absolute Gasteiger partial charge is 0.251 e. The van der Waals surface area contributed by atoms with Gasteiger partial charge in [0.25, 0.3) is 11.8 Å². The van der Waals surface area contributed by atoms with Crippen molar-refractivity contribution in [2.24, 2.45) is 5.92 Å². The van der Waals surface area contributed by atoms with Gasteiger partial charge in [0.1, 0.15) is 5.82 Å². The molecule has 5 heteroatoms. The molecule has 0 atom stereocenters. The Morgan fingerprint density at radius 2 is 1.48 bits per heavy atom. The van der Waals surface area contributed by atoms with E-state index >= 15 is 0 Å². The lowest BCUT2D eigenvalue weighted by Gasteiger charge is -2.09. The van der Waals surface area contributed by atoms with E-state index in [0.29, 0.717) is 42.1 Å². The molecule has 0 aliphatic carbocycles. The van der Waals surface area contributed by atoms with Gasteiger partial charge in [0.15, 0.2) is 0 Å². The van der Waals surface area contributed by atoms with Crippen molar-refractivity contribution < 1.29 is 14.0 Å². The summed E-state index contributed by atoms with van der Waals surface area (Å²) in [5.41, 5.74) is 1.55. The Hall–Kier alpha value is -2.69. The fraction of sp³-hybridized carbons (Fsp3) is 0.300. The molecule has 2 rings (SSSR count). The van der Waals surface area contributed by atoms with Crippen molar-refractivity contribution in [2.75, 3.05) is 13.1 Å². The van der Waals surface area contributed by atoms with E-state index in [1.165, 1.54) is 6.07 Å². The zero-order chi connectivity index (χ0) is 18.2. The van der Waals surface area contributed by atoms with Crippen LogP contribution in [0.15, 0.2) is 48.5 Å². The van der Waals surface area contributed by atoms with Crippen LogP contribution in [0.2, 0.25) is 0 Å². The van der Waals surface area contributed by atoms with Crippen molar-refractivity contribution in [3.63, 3.8) is 0 Å². The number of halogens is 1. The third-order valence-electron chi connectivity index (χ3n) is 3.72. The summed E-state index contributed by atoms with van der Waals surface area (Å²) in [7, 11) is 0. The molecule has 2 N–H and O–H groups in total. The van der Waals surface area contributed by atoms with Gasteiger partial charge in [-0.1, -0.05) is 32.0 Å². The van der Waals surface area contributed by atoms with Crippen LogP contribution in [-0.2, 0) is 6.42 Å². The van der Waals surface area contributed by atoms with Crippen LogP contribution < -0.4 is 10.6 Å². The number of amides is 2. The van der Waals surface area contributed by atoms with E-state index in [4.69, 9.17) is 0 Å². The summed E-state index contributed by atoms with van der Waals surface area (Å²) in [5.74, 6) is -0.289. The maximum absolute atomic E-state index is 13.5. The summed E-state index contributed by atoms with van der Waals surface area (Å²) < 4.78 is 13.5. The molecule has 0 radical (unpaired) electrons. The van der Waals surface area contributed by atoms with Crippen molar-refractivity contribution in [3.8, 4) is 0 Å². The van der Waals surface area contributed by atoms with Gasteiger partial charge in [-0.2, -0.15) is 0 Å². The van der Waals surface area contributed by atoms with Gasteiger partial charge in [-0.15, -0.1) is 0 Å². The normalized spacial score (nSPS) is 10.6. The first-order valence-electron chi connectivity index (χ1n) is 8.37. The predicted octanol–water partition coefficient (Wildman–Crippen LogP) is 3.18.